The van der Waals surface area contributed by atoms with E-state index in [1.54, 1.807) is 24.8 Å². The highest BCUT2D eigenvalue weighted by Gasteiger charge is 2.21. The van der Waals surface area contributed by atoms with Crippen LogP contribution in [-0.4, -0.2) is 105 Å². The van der Waals surface area contributed by atoms with Crippen LogP contribution in [0.1, 0.15) is 36.4 Å². The Kier molecular flexibility index (Phi) is 14.4. The number of nitrogens with one attached hydrogen (secondary N) is 8. The number of aromatic amines is 4. The molecule has 26 heteroatoms. The Balaban J connectivity index is 0.000000101. The summed E-state index contributed by atoms with van der Waals surface area (Å²) in [6, 6.07) is 41.7. The Morgan fingerprint density at radius 2 is 0.945 bits per heavy atom. The van der Waals surface area contributed by atoms with E-state index in [9.17, 15) is 0 Å². The van der Waals surface area contributed by atoms with E-state index in [-0.39, 0.29) is 0 Å². The van der Waals surface area contributed by atoms with E-state index in [4.69, 9.17) is 4.52 Å². The molecule has 0 unspecified atom stereocenters. The van der Waals surface area contributed by atoms with Gasteiger partial charge in [-0.3, -0.25) is 59.1 Å². The van der Waals surface area contributed by atoms with Gasteiger partial charge < -0.3 is 25.8 Å². The largest absolute Gasteiger partial charge is 0.361 e. The van der Waals surface area contributed by atoms with Gasteiger partial charge in [0.1, 0.15) is 33.5 Å². The third kappa shape index (κ3) is 11.0. The number of aromatic nitrogens is 21. The molecule has 18 rings (SSSR count). The lowest BCUT2D eigenvalue weighted by atomic mass is 9.85. The highest BCUT2D eigenvalue weighted by atomic mass is 16.5. The number of pyridine rings is 4. The van der Waals surface area contributed by atoms with Gasteiger partial charge in [0.2, 0.25) is 0 Å². The van der Waals surface area contributed by atoms with Crippen LogP contribution in [-0.2, 0) is 27.2 Å². The predicted octanol–water partition coefficient (Wildman–Crippen LogP) is 12.7. The zero-order valence-electron chi connectivity index (χ0n) is 49.8. The van der Waals surface area contributed by atoms with Crippen molar-refractivity contribution < 1.29 is 4.52 Å². The molecular formula is C65H59N25O. The van der Waals surface area contributed by atoms with Gasteiger partial charge in [-0.25, -0.2) is 0 Å². The molecule has 13 heterocycles. The molecule has 1 aliphatic carbocycles. The smallest absolute Gasteiger partial charge is 0.178 e. The lowest BCUT2D eigenvalue weighted by Gasteiger charge is -2.25. The molecule has 0 amide bonds. The van der Waals surface area contributed by atoms with Crippen LogP contribution in [0, 0.1) is 19.8 Å². The Morgan fingerprint density at radius 3 is 1.44 bits per heavy atom. The summed E-state index contributed by atoms with van der Waals surface area (Å²) in [5, 5.41) is 68.7. The number of benzene rings is 4. The summed E-state index contributed by atoms with van der Waals surface area (Å²) in [5.41, 5.74) is 17.0. The van der Waals surface area contributed by atoms with Crippen LogP contribution in [0.25, 0.3) is 87.7 Å². The Hall–Kier alpha value is -12.4. The Bertz CT molecular complexity index is 5420. The molecule has 450 valence electrons. The van der Waals surface area contributed by atoms with Crippen LogP contribution in [0.5, 0.6) is 0 Å². The third-order valence-electron chi connectivity index (χ3n) is 16.1. The quantitative estimate of drug-likeness (QED) is 0.0563. The zero-order chi connectivity index (χ0) is 61.4. The molecule has 91 heavy (non-hydrogen) atoms. The van der Waals surface area contributed by atoms with Gasteiger partial charge in [0, 0.05) is 78.7 Å². The topological polar surface area (TPSA) is 312 Å². The summed E-state index contributed by atoms with van der Waals surface area (Å²) >= 11 is 0. The fraction of sp³-hybridized carbons (Fsp3) is 0.154. The van der Waals surface area contributed by atoms with Crippen molar-refractivity contribution in [2.45, 2.75) is 46.2 Å². The van der Waals surface area contributed by atoms with Gasteiger partial charge in [0.25, 0.3) is 0 Å². The van der Waals surface area contributed by atoms with E-state index in [0.29, 0.717) is 12.4 Å². The van der Waals surface area contributed by atoms with Crippen LogP contribution >= 0.6 is 0 Å². The average molecular weight is 1210 g/mol. The van der Waals surface area contributed by atoms with E-state index in [1.165, 1.54) is 24.8 Å². The second-order valence-electron chi connectivity index (χ2n) is 22.2. The Morgan fingerprint density at radius 1 is 0.473 bits per heavy atom. The maximum absolute atomic E-state index is 5.14. The molecule has 4 aromatic carbocycles. The van der Waals surface area contributed by atoms with E-state index >= 15 is 0 Å². The third-order valence-corrected chi connectivity index (χ3v) is 16.1. The van der Waals surface area contributed by atoms with Crippen LogP contribution in [0.3, 0.4) is 0 Å². The maximum Gasteiger partial charge on any atom is 0.178 e. The summed E-state index contributed by atoms with van der Waals surface area (Å²) in [7, 11) is 3.88. The predicted molar refractivity (Wildman–Crippen MR) is 352 cm³/mol. The van der Waals surface area contributed by atoms with Crippen molar-refractivity contribution in [3.63, 3.8) is 0 Å². The molecule has 8 N–H and O–H groups in total. The van der Waals surface area contributed by atoms with Crippen LogP contribution < -0.4 is 21.3 Å². The molecule has 17 aromatic rings. The fourth-order valence-corrected chi connectivity index (χ4v) is 11.3. The average Bonchev–Trinajstić information content (AvgIpc) is 3.74. The molecule has 1 saturated carbocycles. The molecule has 0 bridgehead atoms. The summed E-state index contributed by atoms with van der Waals surface area (Å²) < 4.78 is 12.9. The number of nitrogens with zero attached hydrogens (tertiary/aromatic N) is 17. The number of H-pyrrole nitrogens is 4. The van der Waals surface area contributed by atoms with Crippen LogP contribution in [0.4, 0.5) is 46.0 Å². The van der Waals surface area contributed by atoms with Crippen molar-refractivity contribution in [3.05, 3.63) is 188 Å². The van der Waals surface area contributed by atoms with Crippen molar-refractivity contribution in [3.8, 4) is 0 Å². The first-order chi connectivity index (χ1) is 44.7. The molecular weight excluding hydrogens is 1150 g/mol. The number of hydrogen-bond acceptors (Lipinski definition) is 18. The van der Waals surface area contributed by atoms with E-state index in [0.717, 1.165) is 152 Å². The number of rotatable bonds is 12. The second-order valence-corrected chi connectivity index (χ2v) is 22.2. The minimum atomic E-state index is 0.553. The summed E-state index contributed by atoms with van der Waals surface area (Å²) in [6.45, 7) is 5.46. The molecule has 26 nitrogen and oxygen atoms in total. The SMILES string of the molecule is Cc1cc(Cn2ncc3c(Nc4n[nH]c5cccnc45)cccc32)no1.Cc1nn(C)c2cc(Nc3n[nH]c4cccnc34)ccc12.Cn1ncc2c(Nc3n[nH]c4cccnc34)cccc21.c1cnc2c(Nc3cccc4c3cnn4CC3CCC3)n[nH]c2c1. The number of aryl methyl sites for hydroxylation is 4. The van der Waals surface area contributed by atoms with Crippen molar-refractivity contribution >= 4 is 134 Å². The summed E-state index contributed by atoms with van der Waals surface area (Å²) in [6.07, 6.45) is 16.7. The molecule has 0 radical (unpaired) electrons. The molecule has 1 fully saturated rings. The van der Waals surface area contributed by atoms with E-state index < -0.39 is 0 Å². The van der Waals surface area contributed by atoms with Crippen molar-refractivity contribution in [2.24, 2.45) is 20.0 Å². The van der Waals surface area contributed by atoms with Gasteiger partial charge in [0.15, 0.2) is 23.3 Å². The molecule has 0 aliphatic heterocycles. The second kappa shape index (κ2) is 23.7. The lowest BCUT2D eigenvalue weighted by Crippen LogP contribution is -2.18. The number of fused-ring (bicyclic) bond motifs is 8. The molecule has 0 saturated heterocycles. The lowest BCUT2D eigenvalue weighted by molar-refractivity contribution is 0.270. The first-order valence-corrected chi connectivity index (χ1v) is 29.6. The van der Waals surface area contributed by atoms with Gasteiger partial charge in [-0.05, 0) is 136 Å². The first kappa shape index (κ1) is 55.2. The monoisotopic (exact) mass is 1210 g/mol. The molecule has 13 aromatic heterocycles. The summed E-state index contributed by atoms with van der Waals surface area (Å²) in [5.74, 6) is 4.44. The van der Waals surface area contributed by atoms with E-state index in [2.05, 4.69) is 143 Å². The van der Waals surface area contributed by atoms with Gasteiger partial charge in [-0.1, -0.05) is 29.8 Å². The van der Waals surface area contributed by atoms with Crippen LogP contribution in [0.2, 0.25) is 0 Å². The minimum Gasteiger partial charge on any atom is -0.361 e. The molecule has 0 atom stereocenters. The maximum atomic E-state index is 5.14. The standard InChI is InChI=1S/C18H15N7O.C18H18N6.C15H14N6.C14H12N6/c1-11-8-12(24-26-11)10-25-16-6-2-4-14(13(16)9-20-25)21-18-17-15(22-23-18)5-3-7-19-17;1-4-12(5-1)11-24-16-8-2-6-14(13(16)10-20-24)21-18-17-15(22-23-18)7-3-9-19-17;1-9-11-6-5-10(8-13(11)21(2)20-9)17-15-14-12(18-19-15)4-3-7-16-14;1-20-12-6-2-4-10(9(12)8-16-20)17-14-13-11(18-19-14)5-3-7-15-13/h2-9H,10H2,1H3,(H2,21,22,23);2-3,6-10,12H,1,4-5,11H2,(H2,21,22,23);3-8H,1-2H3,(H2,17,18,19);2-8H,1H3,(H2,17,18,19). The molecule has 1 aliphatic rings. The van der Waals surface area contributed by atoms with Gasteiger partial charge in [0.05, 0.1) is 92.0 Å². The fourth-order valence-electron chi connectivity index (χ4n) is 11.3. The number of anilines is 8. The first-order valence-electron chi connectivity index (χ1n) is 29.6. The van der Waals surface area contributed by atoms with Crippen LogP contribution in [0.15, 0.2) is 175 Å². The Labute approximate surface area is 516 Å². The van der Waals surface area contributed by atoms with Crippen molar-refractivity contribution in [2.75, 3.05) is 21.3 Å². The van der Waals surface area contributed by atoms with Gasteiger partial charge in [-0.15, -0.1) is 0 Å². The molecule has 0 spiro atoms. The van der Waals surface area contributed by atoms with Crippen molar-refractivity contribution in [1.82, 2.24) is 105 Å². The van der Waals surface area contributed by atoms with Crippen molar-refractivity contribution in [1.29, 1.82) is 0 Å². The normalized spacial score (nSPS) is 12.3. The summed E-state index contributed by atoms with van der Waals surface area (Å²) in [4.78, 5) is 17.5. The van der Waals surface area contributed by atoms with E-state index in [1.807, 2.05) is 158 Å². The van der Waals surface area contributed by atoms with Gasteiger partial charge in [-0.2, -0.15) is 40.8 Å². The highest BCUT2D eigenvalue weighted by Crippen LogP contribution is 2.34. The zero-order valence-corrected chi connectivity index (χ0v) is 49.8. The van der Waals surface area contributed by atoms with Gasteiger partial charge >= 0.3 is 0 Å². The number of hydrogen-bond donors (Lipinski definition) is 8. The highest BCUT2D eigenvalue weighted by molar-refractivity contribution is 5.99. The minimum absolute atomic E-state index is 0.553.